The van der Waals surface area contributed by atoms with E-state index in [-0.39, 0.29) is 0 Å². The van der Waals surface area contributed by atoms with Crippen LogP contribution in [0.3, 0.4) is 0 Å². The molecule has 20 heavy (non-hydrogen) atoms. The van der Waals surface area contributed by atoms with Crippen molar-refractivity contribution in [3.63, 3.8) is 0 Å². The molecular formula is C17H29N3. The molecule has 1 aromatic carbocycles. The summed E-state index contributed by atoms with van der Waals surface area (Å²) in [5, 5.41) is 0. The summed E-state index contributed by atoms with van der Waals surface area (Å²) in [6, 6.07) is 9.20. The Hall–Kier alpha value is -1.06. The van der Waals surface area contributed by atoms with E-state index in [2.05, 4.69) is 55.1 Å². The molecule has 0 aliphatic heterocycles. The van der Waals surface area contributed by atoms with Crippen LogP contribution in [0, 0.1) is 5.92 Å². The largest absolute Gasteiger partial charge is 0.378 e. The molecule has 1 aliphatic carbocycles. The summed E-state index contributed by atoms with van der Waals surface area (Å²) < 4.78 is 0. The fraction of sp³-hybridized carbons (Fsp3) is 0.647. The van der Waals surface area contributed by atoms with Gasteiger partial charge in [0.25, 0.3) is 0 Å². The highest BCUT2D eigenvalue weighted by Crippen LogP contribution is 2.30. The van der Waals surface area contributed by atoms with Gasteiger partial charge >= 0.3 is 0 Å². The molecule has 1 aromatic rings. The fourth-order valence-electron chi connectivity index (χ4n) is 2.97. The third kappa shape index (κ3) is 3.53. The number of benzene rings is 1. The topological polar surface area (TPSA) is 32.5 Å². The lowest BCUT2D eigenvalue weighted by atomic mass is 9.84. The smallest absolute Gasteiger partial charge is 0.0470 e. The second kappa shape index (κ2) is 7.09. The number of rotatable bonds is 7. The summed E-state index contributed by atoms with van der Waals surface area (Å²) in [6.07, 6.45) is 4.20. The van der Waals surface area contributed by atoms with Crippen LogP contribution in [0.5, 0.6) is 0 Å². The number of nitrogens with two attached hydrogens (primary N) is 1. The third-order valence-corrected chi connectivity index (χ3v) is 4.58. The summed E-state index contributed by atoms with van der Waals surface area (Å²) in [7, 11) is 4.15. The molecule has 2 rings (SSSR count). The molecule has 1 atom stereocenters. The Balaban J connectivity index is 2.08. The van der Waals surface area contributed by atoms with Crippen LogP contribution in [0.1, 0.15) is 37.8 Å². The normalized spacial score (nSPS) is 17.1. The van der Waals surface area contributed by atoms with Crippen LogP contribution in [-0.4, -0.2) is 38.6 Å². The quantitative estimate of drug-likeness (QED) is 0.830. The fourth-order valence-corrected chi connectivity index (χ4v) is 2.97. The van der Waals surface area contributed by atoms with Crippen LogP contribution in [0.2, 0.25) is 0 Å². The summed E-state index contributed by atoms with van der Waals surface area (Å²) in [4.78, 5) is 4.68. The first-order valence-electron chi connectivity index (χ1n) is 7.87. The van der Waals surface area contributed by atoms with E-state index in [4.69, 9.17) is 5.73 Å². The Labute approximate surface area is 123 Å². The SMILES string of the molecule is CCN(CC1CCC1)C(CN)c1ccc(N(C)C)cc1. The monoisotopic (exact) mass is 275 g/mol. The van der Waals surface area contributed by atoms with E-state index in [1.807, 2.05) is 0 Å². The number of hydrogen-bond acceptors (Lipinski definition) is 3. The van der Waals surface area contributed by atoms with E-state index in [1.165, 1.54) is 37.1 Å². The molecule has 3 nitrogen and oxygen atoms in total. The van der Waals surface area contributed by atoms with Crippen molar-refractivity contribution in [2.24, 2.45) is 11.7 Å². The van der Waals surface area contributed by atoms with Gasteiger partial charge in [0.1, 0.15) is 0 Å². The molecule has 0 spiro atoms. The summed E-state index contributed by atoms with van der Waals surface area (Å²) in [5.74, 6) is 0.894. The number of nitrogens with zero attached hydrogens (tertiary/aromatic N) is 2. The zero-order valence-corrected chi connectivity index (χ0v) is 13.2. The van der Waals surface area contributed by atoms with Crippen molar-refractivity contribution < 1.29 is 0 Å². The molecule has 0 radical (unpaired) electrons. The van der Waals surface area contributed by atoms with Crippen LogP contribution >= 0.6 is 0 Å². The Morgan fingerprint density at radius 2 is 1.85 bits per heavy atom. The second-order valence-electron chi connectivity index (χ2n) is 6.12. The highest BCUT2D eigenvalue weighted by molar-refractivity contribution is 5.46. The Kier molecular flexibility index (Phi) is 5.44. The molecule has 1 fully saturated rings. The molecule has 2 N–H and O–H groups in total. The Bertz CT molecular complexity index is 395. The highest BCUT2D eigenvalue weighted by Gasteiger charge is 2.24. The maximum Gasteiger partial charge on any atom is 0.0470 e. The van der Waals surface area contributed by atoms with Gasteiger partial charge in [0.05, 0.1) is 0 Å². The molecule has 0 heterocycles. The van der Waals surface area contributed by atoms with E-state index in [0.29, 0.717) is 12.6 Å². The van der Waals surface area contributed by atoms with E-state index < -0.39 is 0 Å². The van der Waals surface area contributed by atoms with Crippen molar-refractivity contribution in [3.8, 4) is 0 Å². The van der Waals surface area contributed by atoms with Gasteiger partial charge in [-0.3, -0.25) is 4.90 Å². The predicted octanol–water partition coefficient (Wildman–Crippen LogP) is 2.87. The Morgan fingerprint density at radius 3 is 2.25 bits per heavy atom. The number of anilines is 1. The van der Waals surface area contributed by atoms with Crippen LogP contribution in [0.15, 0.2) is 24.3 Å². The highest BCUT2D eigenvalue weighted by atomic mass is 15.2. The zero-order valence-electron chi connectivity index (χ0n) is 13.2. The van der Waals surface area contributed by atoms with Crippen molar-refractivity contribution in [3.05, 3.63) is 29.8 Å². The van der Waals surface area contributed by atoms with Crippen molar-refractivity contribution >= 4 is 5.69 Å². The van der Waals surface area contributed by atoms with Gasteiger partial charge in [-0.25, -0.2) is 0 Å². The standard InChI is InChI=1S/C17H29N3/c1-4-20(13-14-6-5-7-14)17(12-18)15-8-10-16(11-9-15)19(2)3/h8-11,14,17H,4-7,12-13,18H2,1-3H3. The first-order chi connectivity index (χ1) is 9.65. The lowest BCUT2D eigenvalue weighted by molar-refractivity contribution is 0.141. The van der Waals surface area contributed by atoms with E-state index in [0.717, 1.165) is 12.5 Å². The summed E-state index contributed by atoms with van der Waals surface area (Å²) in [5.41, 5.74) is 8.65. The molecule has 1 unspecified atom stereocenters. The Morgan fingerprint density at radius 1 is 1.20 bits per heavy atom. The molecule has 3 heteroatoms. The first kappa shape index (κ1) is 15.3. The number of likely N-dealkylation sites (N-methyl/N-ethyl adjacent to an activating group) is 1. The van der Waals surface area contributed by atoms with Crippen LogP contribution in [0.4, 0.5) is 5.69 Å². The predicted molar refractivity (Wildman–Crippen MR) is 87.2 cm³/mol. The minimum atomic E-state index is 0.358. The van der Waals surface area contributed by atoms with E-state index >= 15 is 0 Å². The number of hydrogen-bond donors (Lipinski definition) is 1. The zero-order chi connectivity index (χ0) is 14.5. The van der Waals surface area contributed by atoms with Gasteiger partial charge in [0, 0.05) is 38.9 Å². The average Bonchev–Trinajstić information content (AvgIpc) is 2.41. The van der Waals surface area contributed by atoms with E-state index in [9.17, 15) is 0 Å². The molecule has 0 aromatic heterocycles. The molecule has 1 aliphatic rings. The van der Waals surface area contributed by atoms with Gasteiger partial charge in [-0.2, -0.15) is 0 Å². The van der Waals surface area contributed by atoms with Gasteiger partial charge in [0.15, 0.2) is 0 Å². The maximum atomic E-state index is 6.06. The van der Waals surface area contributed by atoms with Crippen molar-refractivity contribution in [1.29, 1.82) is 0 Å². The summed E-state index contributed by atoms with van der Waals surface area (Å²) >= 11 is 0. The van der Waals surface area contributed by atoms with Crippen LogP contribution in [-0.2, 0) is 0 Å². The lowest BCUT2D eigenvalue weighted by Gasteiger charge is -2.36. The molecule has 0 saturated heterocycles. The van der Waals surface area contributed by atoms with Gasteiger partial charge in [-0.15, -0.1) is 0 Å². The van der Waals surface area contributed by atoms with Gasteiger partial charge in [0.2, 0.25) is 0 Å². The third-order valence-electron chi connectivity index (χ3n) is 4.58. The molecular weight excluding hydrogens is 246 g/mol. The molecule has 0 amide bonds. The van der Waals surface area contributed by atoms with Gasteiger partial charge < -0.3 is 10.6 Å². The average molecular weight is 275 g/mol. The summed E-state index contributed by atoms with van der Waals surface area (Å²) in [6.45, 7) is 5.22. The van der Waals surface area contributed by atoms with Crippen LogP contribution in [0.25, 0.3) is 0 Å². The van der Waals surface area contributed by atoms with Gasteiger partial charge in [-0.1, -0.05) is 25.5 Å². The maximum absolute atomic E-state index is 6.06. The minimum Gasteiger partial charge on any atom is -0.378 e. The minimum absolute atomic E-state index is 0.358. The van der Waals surface area contributed by atoms with Crippen LogP contribution < -0.4 is 10.6 Å². The second-order valence-corrected chi connectivity index (χ2v) is 6.12. The lowest BCUT2D eigenvalue weighted by Crippen LogP contribution is -2.38. The first-order valence-corrected chi connectivity index (χ1v) is 7.87. The molecule has 1 saturated carbocycles. The van der Waals surface area contributed by atoms with Crippen molar-refractivity contribution in [2.45, 2.75) is 32.2 Å². The van der Waals surface area contributed by atoms with E-state index in [1.54, 1.807) is 0 Å². The van der Waals surface area contributed by atoms with Gasteiger partial charge in [-0.05, 0) is 43.0 Å². The van der Waals surface area contributed by atoms with Crippen molar-refractivity contribution in [1.82, 2.24) is 4.90 Å². The van der Waals surface area contributed by atoms with Crippen molar-refractivity contribution in [2.75, 3.05) is 38.6 Å². The molecule has 112 valence electrons. The molecule has 0 bridgehead atoms.